The van der Waals surface area contributed by atoms with E-state index in [1.807, 2.05) is 0 Å². The maximum atomic E-state index is 3.51. The molecule has 0 spiro atoms. The van der Waals surface area contributed by atoms with Crippen LogP contribution in [0.4, 0.5) is 0 Å². The van der Waals surface area contributed by atoms with E-state index in [9.17, 15) is 0 Å². The van der Waals surface area contributed by atoms with Gasteiger partial charge in [0.05, 0.1) is 0 Å². The van der Waals surface area contributed by atoms with Crippen molar-refractivity contribution in [1.29, 1.82) is 0 Å². The Morgan fingerprint density at radius 1 is 1.16 bits per heavy atom. The maximum absolute atomic E-state index is 3.51. The van der Waals surface area contributed by atoms with E-state index in [1.54, 1.807) is 0 Å². The van der Waals surface area contributed by atoms with Crippen LogP contribution in [0.15, 0.2) is 47.2 Å². The van der Waals surface area contributed by atoms with Crippen molar-refractivity contribution >= 4 is 15.9 Å². The summed E-state index contributed by atoms with van der Waals surface area (Å²) in [4.78, 5) is 0. The van der Waals surface area contributed by atoms with Gasteiger partial charge in [-0.3, -0.25) is 0 Å². The molecule has 1 aromatic carbocycles. The Balaban J connectivity index is 2.06. The second-order valence-electron chi connectivity index (χ2n) is 4.76. The van der Waals surface area contributed by atoms with Crippen LogP contribution in [0.2, 0.25) is 0 Å². The topological polar surface area (TPSA) is 17.0 Å². The van der Waals surface area contributed by atoms with Crippen molar-refractivity contribution in [3.8, 4) is 0 Å². The average Bonchev–Trinajstić information content (AvgIpc) is 2.87. The molecule has 0 bridgehead atoms. The van der Waals surface area contributed by atoms with E-state index in [-0.39, 0.29) is 0 Å². The molecule has 2 rings (SSSR count). The normalized spacial score (nSPS) is 12.6. The van der Waals surface area contributed by atoms with Crippen molar-refractivity contribution in [3.05, 3.63) is 58.3 Å². The number of rotatable bonds is 6. The Hall–Kier alpha value is -1.06. The third kappa shape index (κ3) is 3.95. The van der Waals surface area contributed by atoms with E-state index >= 15 is 0 Å². The molecular weight excluding hydrogens is 300 g/mol. The Morgan fingerprint density at radius 3 is 2.53 bits per heavy atom. The molecule has 0 aliphatic heterocycles. The molecule has 0 radical (unpaired) electrons. The highest BCUT2D eigenvalue weighted by Crippen LogP contribution is 2.18. The molecule has 0 saturated heterocycles. The Labute approximate surface area is 124 Å². The summed E-state index contributed by atoms with van der Waals surface area (Å²) in [5, 5.41) is 3.51. The zero-order chi connectivity index (χ0) is 13.7. The van der Waals surface area contributed by atoms with Crippen LogP contribution in [0.3, 0.4) is 0 Å². The third-order valence-corrected chi connectivity index (χ3v) is 3.84. The van der Waals surface area contributed by atoms with E-state index in [4.69, 9.17) is 0 Å². The van der Waals surface area contributed by atoms with Crippen LogP contribution in [0.25, 0.3) is 0 Å². The van der Waals surface area contributed by atoms with E-state index in [2.05, 4.69) is 82.4 Å². The van der Waals surface area contributed by atoms with Crippen LogP contribution in [0, 0.1) is 0 Å². The van der Waals surface area contributed by atoms with E-state index in [1.165, 1.54) is 11.1 Å². The van der Waals surface area contributed by atoms with Crippen molar-refractivity contribution in [1.82, 2.24) is 9.88 Å². The second kappa shape index (κ2) is 6.92. The number of nitrogens with zero attached hydrogens (tertiary/aromatic N) is 1. The average molecular weight is 321 g/mol. The second-order valence-corrected chi connectivity index (χ2v) is 5.68. The predicted molar refractivity (Wildman–Crippen MR) is 84.4 cm³/mol. The molecule has 0 saturated carbocycles. The lowest BCUT2D eigenvalue weighted by Crippen LogP contribution is -2.19. The first-order valence-electron chi connectivity index (χ1n) is 6.86. The van der Waals surface area contributed by atoms with Crippen LogP contribution < -0.4 is 5.32 Å². The first kappa shape index (κ1) is 14.4. The van der Waals surface area contributed by atoms with Gasteiger partial charge in [0.2, 0.25) is 0 Å². The van der Waals surface area contributed by atoms with E-state index < -0.39 is 0 Å². The molecule has 1 atom stereocenters. The fraction of sp³-hybridized carbons (Fsp3) is 0.375. The van der Waals surface area contributed by atoms with Gasteiger partial charge in [-0.1, -0.05) is 41.9 Å². The molecule has 1 aromatic heterocycles. The zero-order valence-corrected chi connectivity index (χ0v) is 13.2. The molecule has 1 N–H and O–H groups in total. The van der Waals surface area contributed by atoms with Crippen molar-refractivity contribution < 1.29 is 0 Å². The highest BCUT2D eigenvalue weighted by atomic mass is 79.9. The highest BCUT2D eigenvalue weighted by molar-refractivity contribution is 9.10. The van der Waals surface area contributed by atoms with Gasteiger partial charge in [-0.05, 0) is 42.3 Å². The van der Waals surface area contributed by atoms with Gasteiger partial charge < -0.3 is 9.88 Å². The lowest BCUT2D eigenvalue weighted by Gasteiger charge is -2.14. The first-order chi connectivity index (χ1) is 9.22. The quantitative estimate of drug-likeness (QED) is 0.836. The molecule has 0 aliphatic carbocycles. The minimum Gasteiger partial charge on any atom is -0.350 e. The van der Waals surface area contributed by atoms with E-state index in [0.29, 0.717) is 6.04 Å². The summed E-state index contributed by atoms with van der Waals surface area (Å²) in [6.45, 7) is 6.31. The molecule has 0 amide bonds. The van der Waals surface area contributed by atoms with Gasteiger partial charge in [0, 0.05) is 29.5 Å². The molecule has 102 valence electrons. The number of halogens is 1. The SMILES string of the molecule is CCNC(CC)c1ccn(Cc2ccc(Br)cc2)c1. The van der Waals surface area contributed by atoms with Crippen LogP contribution in [-0.2, 0) is 6.54 Å². The number of benzene rings is 1. The standard InChI is InChI=1S/C16H21BrN2/c1-3-16(18-4-2)14-9-10-19(12-14)11-13-5-7-15(17)8-6-13/h5-10,12,16,18H,3-4,11H2,1-2H3. The van der Waals surface area contributed by atoms with Crippen molar-refractivity contribution in [2.24, 2.45) is 0 Å². The highest BCUT2D eigenvalue weighted by Gasteiger charge is 2.08. The number of hydrogen-bond acceptors (Lipinski definition) is 1. The molecule has 2 aromatic rings. The summed E-state index contributed by atoms with van der Waals surface area (Å²) in [7, 11) is 0. The van der Waals surface area contributed by atoms with Gasteiger partial charge in [0.15, 0.2) is 0 Å². The summed E-state index contributed by atoms with van der Waals surface area (Å²) in [6, 6.07) is 11.2. The summed E-state index contributed by atoms with van der Waals surface area (Å²) in [5.41, 5.74) is 2.70. The van der Waals surface area contributed by atoms with Gasteiger partial charge in [0.25, 0.3) is 0 Å². The predicted octanol–water partition coefficient (Wildman–Crippen LogP) is 4.36. The summed E-state index contributed by atoms with van der Waals surface area (Å²) in [6.07, 6.45) is 5.53. The van der Waals surface area contributed by atoms with Gasteiger partial charge in [-0.15, -0.1) is 0 Å². The number of aromatic nitrogens is 1. The van der Waals surface area contributed by atoms with Crippen LogP contribution >= 0.6 is 15.9 Å². The third-order valence-electron chi connectivity index (χ3n) is 3.31. The zero-order valence-electron chi connectivity index (χ0n) is 11.6. The van der Waals surface area contributed by atoms with Crippen molar-refractivity contribution in [2.45, 2.75) is 32.9 Å². The lowest BCUT2D eigenvalue weighted by atomic mass is 10.1. The van der Waals surface area contributed by atoms with Gasteiger partial charge in [-0.2, -0.15) is 0 Å². The van der Waals surface area contributed by atoms with Crippen molar-refractivity contribution in [3.63, 3.8) is 0 Å². The molecule has 2 nitrogen and oxygen atoms in total. The number of nitrogens with one attached hydrogen (secondary N) is 1. The molecule has 0 aliphatic rings. The monoisotopic (exact) mass is 320 g/mol. The maximum Gasteiger partial charge on any atom is 0.0470 e. The summed E-state index contributed by atoms with van der Waals surface area (Å²) < 4.78 is 3.38. The molecule has 0 fully saturated rings. The van der Waals surface area contributed by atoms with Gasteiger partial charge in [0.1, 0.15) is 0 Å². The Kier molecular flexibility index (Phi) is 5.23. The molecule has 19 heavy (non-hydrogen) atoms. The van der Waals surface area contributed by atoms with Gasteiger partial charge in [-0.25, -0.2) is 0 Å². The molecule has 3 heteroatoms. The summed E-state index contributed by atoms with van der Waals surface area (Å²) in [5.74, 6) is 0. The van der Waals surface area contributed by atoms with Crippen LogP contribution in [0.1, 0.15) is 37.4 Å². The summed E-state index contributed by atoms with van der Waals surface area (Å²) >= 11 is 3.47. The minimum absolute atomic E-state index is 0.469. The fourth-order valence-electron chi connectivity index (χ4n) is 2.31. The Morgan fingerprint density at radius 2 is 1.89 bits per heavy atom. The largest absolute Gasteiger partial charge is 0.350 e. The number of hydrogen-bond donors (Lipinski definition) is 1. The van der Waals surface area contributed by atoms with Gasteiger partial charge >= 0.3 is 0 Å². The smallest absolute Gasteiger partial charge is 0.0470 e. The molecule has 1 unspecified atom stereocenters. The fourth-order valence-corrected chi connectivity index (χ4v) is 2.57. The lowest BCUT2D eigenvalue weighted by molar-refractivity contribution is 0.536. The molecular formula is C16H21BrN2. The molecule has 1 heterocycles. The van der Waals surface area contributed by atoms with Crippen LogP contribution in [-0.4, -0.2) is 11.1 Å². The van der Waals surface area contributed by atoms with E-state index in [0.717, 1.165) is 24.0 Å². The van der Waals surface area contributed by atoms with Crippen molar-refractivity contribution in [2.75, 3.05) is 6.54 Å². The first-order valence-corrected chi connectivity index (χ1v) is 7.65. The van der Waals surface area contributed by atoms with Crippen LogP contribution in [0.5, 0.6) is 0 Å². The Bertz CT molecular complexity index is 502. The minimum atomic E-state index is 0.469.